The van der Waals surface area contributed by atoms with Gasteiger partial charge >= 0.3 is 0 Å². The number of rotatable bonds is 5. The monoisotopic (exact) mass is 192 g/mol. The van der Waals surface area contributed by atoms with Crippen molar-refractivity contribution in [1.29, 1.82) is 0 Å². The fourth-order valence-corrected chi connectivity index (χ4v) is 1.10. The minimum Gasteiger partial charge on any atom is -0.369 e. The van der Waals surface area contributed by atoms with Gasteiger partial charge in [0.05, 0.1) is 12.4 Å². The van der Waals surface area contributed by atoms with Crippen LogP contribution in [0.15, 0.2) is 24.5 Å². The second-order valence-corrected chi connectivity index (χ2v) is 2.79. The Morgan fingerprint density at radius 1 is 0.929 bits per heavy atom. The smallest absolute Gasteiger partial charge is 0.121 e. The topological polar surface area (TPSA) is 81.4 Å². The van der Waals surface area contributed by atoms with Crippen LogP contribution in [0.1, 0.15) is 0 Å². The van der Waals surface area contributed by atoms with Crippen molar-refractivity contribution in [3.8, 4) is 0 Å². The Morgan fingerprint density at radius 2 is 1.43 bits per heavy atom. The summed E-state index contributed by atoms with van der Waals surface area (Å²) in [5.41, 5.74) is 0. The molecule has 0 atom stereocenters. The average molecular weight is 192 g/mol. The van der Waals surface area contributed by atoms with Crippen LogP contribution < -0.4 is 10.6 Å². The zero-order valence-electron chi connectivity index (χ0n) is 7.62. The minimum absolute atomic E-state index is 0.821. The Morgan fingerprint density at radius 3 is 1.79 bits per heavy atom. The standard InChI is InChI=1S/C8H12N6/c1-3-11-13-7(1)9-5-6-10-8-2-4-12-14-8/h1-4H,5-6H2,(H2,9,11,13)(H2,10,12,14). The van der Waals surface area contributed by atoms with Gasteiger partial charge < -0.3 is 10.6 Å². The molecule has 0 unspecified atom stereocenters. The van der Waals surface area contributed by atoms with E-state index in [4.69, 9.17) is 0 Å². The van der Waals surface area contributed by atoms with E-state index in [1.165, 1.54) is 0 Å². The highest BCUT2D eigenvalue weighted by Crippen LogP contribution is 1.99. The molecule has 6 nitrogen and oxygen atoms in total. The van der Waals surface area contributed by atoms with Crippen molar-refractivity contribution in [2.24, 2.45) is 0 Å². The van der Waals surface area contributed by atoms with Gasteiger partial charge in [-0.3, -0.25) is 10.2 Å². The molecule has 2 aromatic heterocycles. The van der Waals surface area contributed by atoms with E-state index in [9.17, 15) is 0 Å². The van der Waals surface area contributed by atoms with Crippen molar-refractivity contribution >= 4 is 11.6 Å². The fraction of sp³-hybridized carbons (Fsp3) is 0.250. The van der Waals surface area contributed by atoms with Gasteiger partial charge in [0, 0.05) is 13.1 Å². The molecule has 14 heavy (non-hydrogen) atoms. The van der Waals surface area contributed by atoms with E-state index in [0.717, 1.165) is 24.7 Å². The average Bonchev–Trinajstić information content (AvgIpc) is 2.86. The number of aromatic amines is 2. The lowest BCUT2D eigenvalue weighted by Crippen LogP contribution is -2.13. The van der Waals surface area contributed by atoms with E-state index in [1.807, 2.05) is 12.1 Å². The summed E-state index contributed by atoms with van der Waals surface area (Å²) in [6, 6.07) is 3.77. The van der Waals surface area contributed by atoms with Crippen LogP contribution in [0.4, 0.5) is 11.6 Å². The molecular formula is C8H12N6. The summed E-state index contributed by atoms with van der Waals surface area (Å²) in [6.07, 6.45) is 3.43. The van der Waals surface area contributed by atoms with Gasteiger partial charge in [-0.15, -0.1) is 0 Å². The van der Waals surface area contributed by atoms with Crippen LogP contribution in [-0.2, 0) is 0 Å². The number of anilines is 2. The highest BCUT2D eigenvalue weighted by molar-refractivity contribution is 5.34. The van der Waals surface area contributed by atoms with E-state index >= 15 is 0 Å². The third-order valence-corrected chi connectivity index (χ3v) is 1.76. The van der Waals surface area contributed by atoms with E-state index in [2.05, 4.69) is 31.0 Å². The lowest BCUT2D eigenvalue weighted by Gasteiger charge is -2.04. The molecule has 0 aliphatic carbocycles. The number of nitrogens with one attached hydrogen (secondary N) is 4. The first-order valence-electron chi connectivity index (χ1n) is 4.41. The summed E-state index contributed by atoms with van der Waals surface area (Å²) < 4.78 is 0. The molecule has 2 heterocycles. The molecule has 4 N–H and O–H groups in total. The zero-order chi connectivity index (χ0) is 9.64. The SMILES string of the molecule is c1cc(NCCNc2ccn[nH]2)[nH]n1. The lowest BCUT2D eigenvalue weighted by atomic mass is 10.5. The number of hydrogen-bond donors (Lipinski definition) is 4. The maximum absolute atomic E-state index is 3.83. The summed E-state index contributed by atoms with van der Waals surface area (Å²) >= 11 is 0. The minimum atomic E-state index is 0.821. The third-order valence-electron chi connectivity index (χ3n) is 1.76. The Labute approximate surface area is 81.1 Å². The van der Waals surface area contributed by atoms with Crippen LogP contribution in [-0.4, -0.2) is 33.5 Å². The van der Waals surface area contributed by atoms with Crippen molar-refractivity contribution < 1.29 is 0 Å². The number of nitrogens with zero attached hydrogens (tertiary/aromatic N) is 2. The molecule has 0 aliphatic rings. The summed E-state index contributed by atoms with van der Waals surface area (Å²) in [5.74, 6) is 1.85. The molecular weight excluding hydrogens is 180 g/mol. The Kier molecular flexibility index (Phi) is 2.65. The maximum Gasteiger partial charge on any atom is 0.121 e. The van der Waals surface area contributed by atoms with E-state index in [0.29, 0.717) is 0 Å². The van der Waals surface area contributed by atoms with Gasteiger partial charge in [-0.1, -0.05) is 0 Å². The first-order chi connectivity index (χ1) is 6.95. The first kappa shape index (κ1) is 8.61. The van der Waals surface area contributed by atoms with Crippen LogP contribution in [0.25, 0.3) is 0 Å². The van der Waals surface area contributed by atoms with Crippen molar-refractivity contribution in [3.05, 3.63) is 24.5 Å². The van der Waals surface area contributed by atoms with Crippen molar-refractivity contribution in [2.75, 3.05) is 23.7 Å². The quantitative estimate of drug-likeness (QED) is 0.524. The lowest BCUT2D eigenvalue weighted by molar-refractivity contribution is 1.01. The molecule has 0 spiro atoms. The van der Waals surface area contributed by atoms with Crippen LogP contribution in [0.3, 0.4) is 0 Å². The van der Waals surface area contributed by atoms with Gasteiger partial charge in [0.2, 0.25) is 0 Å². The molecule has 0 saturated carbocycles. The molecule has 0 bridgehead atoms. The molecule has 6 heteroatoms. The Hall–Kier alpha value is -1.98. The second kappa shape index (κ2) is 4.31. The molecule has 2 aromatic rings. The molecule has 0 fully saturated rings. The van der Waals surface area contributed by atoms with E-state index in [1.54, 1.807) is 12.4 Å². The molecule has 0 saturated heterocycles. The molecule has 0 aromatic carbocycles. The van der Waals surface area contributed by atoms with Gasteiger partial charge in [0.15, 0.2) is 0 Å². The summed E-state index contributed by atoms with van der Waals surface area (Å²) in [4.78, 5) is 0. The van der Waals surface area contributed by atoms with Gasteiger partial charge in [0.1, 0.15) is 11.6 Å². The third kappa shape index (κ3) is 2.25. The molecule has 74 valence electrons. The Balaban J connectivity index is 1.65. The van der Waals surface area contributed by atoms with Gasteiger partial charge in [-0.25, -0.2) is 0 Å². The van der Waals surface area contributed by atoms with Gasteiger partial charge in [-0.05, 0) is 12.1 Å². The number of aromatic nitrogens is 4. The Bertz CT molecular complexity index is 302. The number of H-pyrrole nitrogens is 2. The van der Waals surface area contributed by atoms with Crippen molar-refractivity contribution in [1.82, 2.24) is 20.4 Å². The fourth-order valence-electron chi connectivity index (χ4n) is 1.10. The second-order valence-electron chi connectivity index (χ2n) is 2.79. The van der Waals surface area contributed by atoms with Crippen molar-refractivity contribution in [3.63, 3.8) is 0 Å². The van der Waals surface area contributed by atoms with Crippen LogP contribution >= 0.6 is 0 Å². The number of hydrogen-bond acceptors (Lipinski definition) is 4. The molecule has 0 radical (unpaired) electrons. The van der Waals surface area contributed by atoms with Crippen LogP contribution in [0.2, 0.25) is 0 Å². The predicted octanol–water partition coefficient (Wildman–Crippen LogP) is 0.657. The predicted molar refractivity (Wildman–Crippen MR) is 54.2 cm³/mol. The highest BCUT2D eigenvalue weighted by atomic mass is 15.2. The largest absolute Gasteiger partial charge is 0.369 e. The van der Waals surface area contributed by atoms with Crippen molar-refractivity contribution in [2.45, 2.75) is 0 Å². The molecule has 0 amide bonds. The first-order valence-corrected chi connectivity index (χ1v) is 4.41. The van der Waals surface area contributed by atoms with Crippen LogP contribution in [0.5, 0.6) is 0 Å². The maximum atomic E-state index is 3.83. The highest BCUT2D eigenvalue weighted by Gasteiger charge is 1.92. The van der Waals surface area contributed by atoms with Crippen LogP contribution in [0, 0.1) is 0 Å². The van der Waals surface area contributed by atoms with Gasteiger partial charge in [-0.2, -0.15) is 10.2 Å². The normalized spacial score (nSPS) is 10.0. The molecule has 0 aliphatic heterocycles. The zero-order valence-corrected chi connectivity index (χ0v) is 7.62. The van der Waals surface area contributed by atoms with E-state index in [-0.39, 0.29) is 0 Å². The molecule has 2 rings (SSSR count). The van der Waals surface area contributed by atoms with Gasteiger partial charge in [0.25, 0.3) is 0 Å². The summed E-state index contributed by atoms with van der Waals surface area (Å²) in [6.45, 7) is 1.64. The van der Waals surface area contributed by atoms with E-state index < -0.39 is 0 Å². The summed E-state index contributed by atoms with van der Waals surface area (Å²) in [7, 11) is 0. The summed E-state index contributed by atoms with van der Waals surface area (Å²) in [5, 5.41) is 19.6.